The molecule has 0 saturated carbocycles. The second kappa shape index (κ2) is 8.31. The highest BCUT2D eigenvalue weighted by molar-refractivity contribution is 5.92. The fourth-order valence-electron chi connectivity index (χ4n) is 4.41. The van der Waals surface area contributed by atoms with E-state index in [0.717, 1.165) is 6.42 Å². The van der Waals surface area contributed by atoms with Crippen molar-refractivity contribution in [2.75, 3.05) is 31.1 Å². The highest BCUT2D eigenvalue weighted by Gasteiger charge is 2.42. The van der Waals surface area contributed by atoms with Gasteiger partial charge in [0.25, 0.3) is 5.91 Å². The molecule has 29 heavy (non-hydrogen) atoms. The smallest absolute Gasteiger partial charge is 0.289 e. The van der Waals surface area contributed by atoms with E-state index in [2.05, 4.69) is 36.2 Å². The standard InChI is InChI=1S/C23H29N3O3/c1-16(2)9-10-24-22(27)18-14-17-6-3-4-7-19(17)26-12-11-25(15-20(18)26)23(28)21-8-5-13-29-21/h3-8,13,16,18,20H,9-12,14-15H2,1-2H3,(H,24,27). The van der Waals surface area contributed by atoms with E-state index in [4.69, 9.17) is 4.42 Å². The van der Waals surface area contributed by atoms with Gasteiger partial charge in [0, 0.05) is 31.9 Å². The Morgan fingerprint density at radius 2 is 2.00 bits per heavy atom. The van der Waals surface area contributed by atoms with Crippen molar-refractivity contribution in [2.45, 2.75) is 32.7 Å². The number of carbonyl (C=O) groups excluding carboxylic acids is 2. The van der Waals surface area contributed by atoms with Crippen molar-refractivity contribution in [1.82, 2.24) is 10.2 Å². The zero-order chi connectivity index (χ0) is 20.4. The summed E-state index contributed by atoms with van der Waals surface area (Å²) in [5, 5.41) is 3.13. The molecule has 2 amide bonds. The molecule has 6 heteroatoms. The van der Waals surface area contributed by atoms with E-state index >= 15 is 0 Å². The molecule has 2 atom stereocenters. The summed E-state index contributed by atoms with van der Waals surface area (Å²) in [5.74, 6) is 0.710. The largest absolute Gasteiger partial charge is 0.459 e. The van der Waals surface area contributed by atoms with Crippen molar-refractivity contribution in [3.05, 3.63) is 54.0 Å². The monoisotopic (exact) mass is 395 g/mol. The molecular formula is C23H29N3O3. The maximum absolute atomic E-state index is 13.1. The van der Waals surface area contributed by atoms with Crippen LogP contribution in [0.25, 0.3) is 0 Å². The minimum atomic E-state index is -0.177. The van der Waals surface area contributed by atoms with Gasteiger partial charge in [-0.15, -0.1) is 0 Å². The third-order valence-corrected chi connectivity index (χ3v) is 6.00. The van der Waals surface area contributed by atoms with Crippen LogP contribution >= 0.6 is 0 Å². The second-order valence-electron chi connectivity index (χ2n) is 8.40. The lowest BCUT2D eigenvalue weighted by Gasteiger charge is -2.48. The summed E-state index contributed by atoms with van der Waals surface area (Å²) in [6, 6.07) is 11.7. The molecule has 3 heterocycles. The highest BCUT2D eigenvalue weighted by Crippen LogP contribution is 2.36. The average molecular weight is 396 g/mol. The van der Waals surface area contributed by atoms with E-state index in [1.54, 1.807) is 12.1 Å². The van der Waals surface area contributed by atoms with Gasteiger partial charge in [0.2, 0.25) is 5.91 Å². The van der Waals surface area contributed by atoms with Crippen LogP contribution < -0.4 is 10.2 Å². The molecule has 0 aliphatic carbocycles. The molecule has 0 radical (unpaired) electrons. The summed E-state index contributed by atoms with van der Waals surface area (Å²) in [6.07, 6.45) is 3.19. The molecule has 1 aromatic heterocycles. The number of rotatable bonds is 5. The van der Waals surface area contributed by atoms with Crippen molar-refractivity contribution >= 4 is 17.5 Å². The first-order valence-corrected chi connectivity index (χ1v) is 10.5. The van der Waals surface area contributed by atoms with Crippen molar-refractivity contribution in [1.29, 1.82) is 0 Å². The van der Waals surface area contributed by atoms with Gasteiger partial charge in [0.15, 0.2) is 5.76 Å². The van der Waals surface area contributed by atoms with Crippen LogP contribution in [0.1, 0.15) is 36.4 Å². The maximum atomic E-state index is 13.1. The van der Waals surface area contributed by atoms with Crippen molar-refractivity contribution in [3.63, 3.8) is 0 Å². The van der Waals surface area contributed by atoms with Gasteiger partial charge in [-0.25, -0.2) is 0 Å². The Morgan fingerprint density at radius 1 is 1.17 bits per heavy atom. The molecule has 1 saturated heterocycles. The number of piperazine rings is 1. The summed E-state index contributed by atoms with van der Waals surface area (Å²) >= 11 is 0. The number of nitrogens with one attached hydrogen (secondary N) is 1. The van der Waals surface area contributed by atoms with E-state index in [-0.39, 0.29) is 23.8 Å². The van der Waals surface area contributed by atoms with Gasteiger partial charge in [0.05, 0.1) is 18.2 Å². The molecule has 1 aromatic carbocycles. The van der Waals surface area contributed by atoms with Crippen LogP contribution in [0, 0.1) is 11.8 Å². The molecule has 6 nitrogen and oxygen atoms in total. The molecule has 2 aliphatic rings. The van der Waals surface area contributed by atoms with E-state index in [0.29, 0.717) is 44.3 Å². The van der Waals surface area contributed by atoms with Crippen LogP contribution in [0.4, 0.5) is 5.69 Å². The van der Waals surface area contributed by atoms with Gasteiger partial charge in [-0.2, -0.15) is 0 Å². The molecule has 0 spiro atoms. The molecule has 154 valence electrons. The summed E-state index contributed by atoms with van der Waals surface area (Å²) in [5.41, 5.74) is 2.40. The Balaban J connectivity index is 1.55. The van der Waals surface area contributed by atoms with Crippen LogP contribution in [-0.2, 0) is 11.2 Å². The number of anilines is 1. The fourth-order valence-corrected chi connectivity index (χ4v) is 4.41. The number of hydrogen-bond donors (Lipinski definition) is 1. The lowest BCUT2D eigenvalue weighted by atomic mass is 9.83. The third kappa shape index (κ3) is 4.02. The van der Waals surface area contributed by atoms with Gasteiger partial charge in [-0.05, 0) is 42.5 Å². The van der Waals surface area contributed by atoms with Gasteiger partial charge < -0.3 is 19.5 Å². The number of benzene rings is 1. The summed E-state index contributed by atoms with van der Waals surface area (Å²) in [7, 11) is 0. The van der Waals surface area contributed by atoms with Crippen molar-refractivity contribution < 1.29 is 14.0 Å². The average Bonchev–Trinajstić information content (AvgIpc) is 3.26. The normalized spacial score (nSPS) is 20.9. The predicted molar refractivity (Wildman–Crippen MR) is 112 cm³/mol. The predicted octanol–water partition coefficient (Wildman–Crippen LogP) is 2.95. The van der Waals surface area contributed by atoms with Gasteiger partial charge in [0.1, 0.15) is 0 Å². The zero-order valence-electron chi connectivity index (χ0n) is 17.1. The number of para-hydroxylation sites is 1. The van der Waals surface area contributed by atoms with Gasteiger partial charge in [-0.3, -0.25) is 9.59 Å². The maximum Gasteiger partial charge on any atom is 0.289 e. The highest BCUT2D eigenvalue weighted by atomic mass is 16.3. The third-order valence-electron chi connectivity index (χ3n) is 6.00. The molecule has 4 rings (SSSR count). The Hall–Kier alpha value is -2.76. The van der Waals surface area contributed by atoms with Crippen molar-refractivity contribution in [2.24, 2.45) is 11.8 Å². The van der Waals surface area contributed by atoms with Crippen LogP contribution in [0.2, 0.25) is 0 Å². The topological polar surface area (TPSA) is 65.8 Å². The fraction of sp³-hybridized carbons (Fsp3) is 0.478. The van der Waals surface area contributed by atoms with Crippen LogP contribution in [0.15, 0.2) is 47.1 Å². The molecular weight excluding hydrogens is 366 g/mol. The number of fused-ring (bicyclic) bond motifs is 3. The van der Waals surface area contributed by atoms with Gasteiger partial charge in [-0.1, -0.05) is 32.0 Å². The Kier molecular flexibility index (Phi) is 5.60. The van der Waals surface area contributed by atoms with Crippen LogP contribution in [0.5, 0.6) is 0 Å². The summed E-state index contributed by atoms with van der Waals surface area (Å²) in [6.45, 7) is 6.86. The molecule has 2 unspecified atom stereocenters. The first-order valence-electron chi connectivity index (χ1n) is 10.5. The zero-order valence-corrected chi connectivity index (χ0v) is 17.1. The van der Waals surface area contributed by atoms with E-state index in [9.17, 15) is 9.59 Å². The number of hydrogen-bond acceptors (Lipinski definition) is 4. The SMILES string of the molecule is CC(C)CCNC(=O)C1Cc2ccccc2N2CCN(C(=O)c3ccco3)CC12. The van der Waals surface area contributed by atoms with E-state index < -0.39 is 0 Å². The molecule has 1 fully saturated rings. The number of furan rings is 1. The Morgan fingerprint density at radius 3 is 2.76 bits per heavy atom. The van der Waals surface area contributed by atoms with Crippen molar-refractivity contribution in [3.8, 4) is 0 Å². The number of carbonyl (C=O) groups is 2. The second-order valence-corrected chi connectivity index (χ2v) is 8.40. The lowest BCUT2D eigenvalue weighted by molar-refractivity contribution is -0.126. The minimum Gasteiger partial charge on any atom is -0.459 e. The van der Waals surface area contributed by atoms with E-state index in [1.165, 1.54) is 17.5 Å². The first-order chi connectivity index (χ1) is 14.0. The van der Waals surface area contributed by atoms with Crippen LogP contribution in [0.3, 0.4) is 0 Å². The number of amides is 2. The van der Waals surface area contributed by atoms with E-state index in [1.807, 2.05) is 17.0 Å². The Labute approximate surface area is 171 Å². The van der Waals surface area contributed by atoms with Gasteiger partial charge >= 0.3 is 0 Å². The lowest BCUT2D eigenvalue weighted by Crippen LogP contribution is -2.62. The minimum absolute atomic E-state index is 0.0309. The molecule has 2 aliphatic heterocycles. The molecule has 1 N–H and O–H groups in total. The summed E-state index contributed by atoms with van der Waals surface area (Å²) in [4.78, 5) is 30.0. The summed E-state index contributed by atoms with van der Waals surface area (Å²) < 4.78 is 5.31. The first kappa shape index (κ1) is 19.6. The molecule has 2 aromatic rings. The Bertz CT molecular complexity index is 862. The number of nitrogens with zero attached hydrogens (tertiary/aromatic N) is 2. The van der Waals surface area contributed by atoms with Crippen LogP contribution in [-0.4, -0.2) is 48.9 Å². The quantitative estimate of drug-likeness (QED) is 0.845. The molecule has 0 bridgehead atoms.